The Morgan fingerprint density at radius 3 is 2.85 bits per heavy atom. The summed E-state index contributed by atoms with van der Waals surface area (Å²) >= 11 is 0. The molecule has 1 amide bonds. The van der Waals surface area contributed by atoms with E-state index in [1.807, 2.05) is 43.1 Å². The Morgan fingerprint density at radius 1 is 1.33 bits per heavy atom. The van der Waals surface area contributed by atoms with Crippen LogP contribution in [0.5, 0.6) is 5.75 Å². The fourth-order valence-corrected chi connectivity index (χ4v) is 3.61. The molecule has 1 aliphatic carbocycles. The zero-order valence-electron chi connectivity index (χ0n) is 16.1. The van der Waals surface area contributed by atoms with E-state index in [0.29, 0.717) is 24.9 Å². The highest BCUT2D eigenvalue weighted by Gasteiger charge is 2.34. The number of nitrogens with zero attached hydrogens (tertiary/aromatic N) is 3. The van der Waals surface area contributed by atoms with Gasteiger partial charge in [0.05, 0.1) is 11.8 Å². The third kappa shape index (κ3) is 4.33. The van der Waals surface area contributed by atoms with Crippen LogP contribution < -0.4 is 4.74 Å². The van der Waals surface area contributed by atoms with Crippen molar-refractivity contribution in [3.05, 3.63) is 47.3 Å². The van der Waals surface area contributed by atoms with E-state index in [2.05, 4.69) is 11.2 Å². The number of benzene rings is 1. The normalized spacial score (nSPS) is 19.3. The molecule has 2 aliphatic rings. The molecule has 144 valence electrons. The van der Waals surface area contributed by atoms with E-state index in [1.54, 1.807) is 4.68 Å². The average molecular weight is 369 g/mol. The van der Waals surface area contributed by atoms with Gasteiger partial charge in [0.2, 0.25) is 0 Å². The first-order chi connectivity index (χ1) is 13.1. The van der Waals surface area contributed by atoms with E-state index in [-0.39, 0.29) is 12.0 Å². The fourth-order valence-electron chi connectivity index (χ4n) is 3.61. The third-order valence-electron chi connectivity index (χ3n) is 5.18. The van der Waals surface area contributed by atoms with Crippen LogP contribution in [-0.2, 0) is 18.3 Å². The van der Waals surface area contributed by atoms with Gasteiger partial charge in [-0.1, -0.05) is 12.1 Å². The van der Waals surface area contributed by atoms with E-state index >= 15 is 0 Å². The Morgan fingerprint density at radius 2 is 2.19 bits per heavy atom. The number of rotatable bonds is 7. The van der Waals surface area contributed by atoms with Gasteiger partial charge < -0.3 is 14.4 Å². The summed E-state index contributed by atoms with van der Waals surface area (Å²) in [4.78, 5) is 15.0. The summed E-state index contributed by atoms with van der Waals surface area (Å²) in [5.41, 5.74) is 2.59. The minimum atomic E-state index is 0.0475. The molecular formula is C21H27N3O3. The molecule has 0 N–H and O–H groups in total. The van der Waals surface area contributed by atoms with Gasteiger partial charge in [-0.05, 0) is 56.4 Å². The summed E-state index contributed by atoms with van der Waals surface area (Å²) in [6.45, 7) is 3.92. The molecule has 1 saturated heterocycles. The maximum Gasteiger partial charge on any atom is 0.272 e. The molecule has 0 radical (unpaired) electrons. The molecule has 2 heterocycles. The molecule has 1 atom stereocenters. The van der Waals surface area contributed by atoms with Gasteiger partial charge in [-0.2, -0.15) is 5.10 Å². The summed E-state index contributed by atoms with van der Waals surface area (Å²) in [7, 11) is 1.82. The zero-order chi connectivity index (χ0) is 18.8. The molecule has 2 aromatic rings. The van der Waals surface area contributed by atoms with Crippen LogP contribution in [0.25, 0.3) is 0 Å². The number of aryl methyl sites for hydroxylation is 2. The van der Waals surface area contributed by atoms with Crippen LogP contribution in [0.1, 0.15) is 47.4 Å². The predicted molar refractivity (Wildman–Crippen MR) is 102 cm³/mol. The van der Waals surface area contributed by atoms with Crippen LogP contribution in [0.3, 0.4) is 0 Å². The Bertz CT molecular complexity index is 807. The Hall–Kier alpha value is -2.34. The Labute approximate surface area is 160 Å². The molecule has 2 fully saturated rings. The van der Waals surface area contributed by atoms with Crippen molar-refractivity contribution in [3.8, 4) is 5.75 Å². The van der Waals surface area contributed by atoms with Gasteiger partial charge in [0.25, 0.3) is 5.91 Å². The van der Waals surface area contributed by atoms with Crippen LogP contribution in [0, 0.1) is 6.92 Å². The first-order valence-electron chi connectivity index (χ1n) is 9.75. The van der Waals surface area contributed by atoms with E-state index in [0.717, 1.165) is 49.3 Å². The van der Waals surface area contributed by atoms with Gasteiger partial charge in [0, 0.05) is 26.2 Å². The standard InChI is InChI=1S/C21H27N3O3/c1-15-11-20(23(2)22-15)21(25)24(17-8-9-17)13-16-5-3-6-18(12-16)27-14-19-7-4-10-26-19/h3,5-6,11-12,17,19H,4,7-10,13-14H2,1-2H3/t19-/m0/s1. The van der Waals surface area contributed by atoms with Crippen molar-refractivity contribution < 1.29 is 14.3 Å². The van der Waals surface area contributed by atoms with Gasteiger partial charge in [-0.25, -0.2) is 0 Å². The molecule has 1 aromatic heterocycles. The van der Waals surface area contributed by atoms with Crippen LogP contribution in [-0.4, -0.2) is 45.9 Å². The molecule has 0 unspecified atom stereocenters. The van der Waals surface area contributed by atoms with Crippen LogP contribution in [0.2, 0.25) is 0 Å². The predicted octanol–water partition coefficient (Wildman–Crippen LogP) is 3.09. The Kier molecular flexibility index (Phi) is 5.16. The topological polar surface area (TPSA) is 56.6 Å². The summed E-state index contributed by atoms with van der Waals surface area (Å²) in [5.74, 6) is 0.883. The number of amides is 1. The van der Waals surface area contributed by atoms with Gasteiger partial charge in [-0.15, -0.1) is 0 Å². The molecule has 6 heteroatoms. The number of carbonyl (C=O) groups excluding carboxylic acids is 1. The molecule has 0 spiro atoms. The highest BCUT2D eigenvalue weighted by atomic mass is 16.5. The van der Waals surface area contributed by atoms with Gasteiger partial charge in [0.1, 0.15) is 18.1 Å². The lowest BCUT2D eigenvalue weighted by molar-refractivity contribution is 0.0678. The van der Waals surface area contributed by atoms with Crippen molar-refractivity contribution in [2.75, 3.05) is 13.2 Å². The molecule has 27 heavy (non-hydrogen) atoms. The lowest BCUT2D eigenvalue weighted by Crippen LogP contribution is -2.33. The molecule has 1 saturated carbocycles. The number of carbonyl (C=O) groups is 1. The summed E-state index contributed by atoms with van der Waals surface area (Å²) in [5, 5.41) is 4.31. The van der Waals surface area contributed by atoms with E-state index < -0.39 is 0 Å². The maximum absolute atomic E-state index is 13.1. The second-order valence-electron chi connectivity index (χ2n) is 7.55. The fraction of sp³-hybridized carbons (Fsp3) is 0.524. The van der Waals surface area contributed by atoms with Crippen LogP contribution >= 0.6 is 0 Å². The van der Waals surface area contributed by atoms with Gasteiger partial charge in [0.15, 0.2) is 0 Å². The molecule has 1 aromatic carbocycles. The highest BCUT2D eigenvalue weighted by molar-refractivity contribution is 5.93. The van der Waals surface area contributed by atoms with Crippen molar-refractivity contribution >= 4 is 5.91 Å². The largest absolute Gasteiger partial charge is 0.491 e. The molecule has 1 aliphatic heterocycles. The minimum absolute atomic E-state index is 0.0475. The summed E-state index contributed by atoms with van der Waals surface area (Å²) < 4.78 is 13.2. The monoisotopic (exact) mass is 369 g/mol. The van der Waals surface area contributed by atoms with E-state index in [9.17, 15) is 4.79 Å². The van der Waals surface area contributed by atoms with Crippen molar-refractivity contribution in [3.63, 3.8) is 0 Å². The van der Waals surface area contributed by atoms with E-state index in [4.69, 9.17) is 9.47 Å². The van der Waals surface area contributed by atoms with Crippen molar-refractivity contribution in [1.82, 2.24) is 14.7 Å². The first kappa shape index (κ1) is 18.0. The lowest BCUT2D eigenvalue weighted by Gasteiger charge is -2.23. The number of hydrogen-bond acceptors (Lipinski definition) is 4. The lowest BCUT2D eigenvalue weighted by atomic mass is 10.2. The highest BCUT2D eigenvalue weighted by Crippen LogP contribution is 2.30. The third-order valence-corrected chi connectivity index (χ3v) is 5.18. The second-order valence-corrected chi connectivity index (χ2v) is 7.55. The molecule has 0 bridgehead atoms. The smallest absolute Gasteiger partial charge is 0.272 e. The quantitative estimate of drug-likeness (QED) is 0.753. The minimum Gasteiger partial charge on any atom is -0.491 e. The molecule has 6 nitrogen and oxygen atoms in total. The zero-order valence-corrected chi connectivity index (χ0v) is 16.1. The van der Waals surface area contributed by atoms with Gasteiger partial charge in [-0.3, -0.25) is 9.48 Å². The average Bonchev–Trinajstić information content (AvgIpc) is 3.25. The SMILES string of the molecule is Cc1cc(C(=O)N(Cc2cccc(OC[C@@H]3CCCO3)c2)C2CC2)n(C)n1. The molecular weight excluding hydrogens is 342 g/mol. The van der Waals surface area contributed by atoms with Crippen LogP contribution in [0.15, 0.2) is 30.3 Å². The Balaban J connectivity index is 1.44. The second kappa shape index (κ2) is 7.72. The van der Waals surface area contributed by atoms with Crippen LogP contribution in [0.4, 0.5) is 0 Å². The first-order valence-corrected chi connectivity index (χ1v) is 9.75. The van der Waals surface area contributed by atoms with E-state index in [1.165, 1.54) is 0 Å². The van der Waals surface area contributed by atoms with Crippen molar-refractivity contribution in [1.29, 1.82) is 0 Å². The number of aromatic nitrogens is 2. The number of ether oxygens (including phenoxy) is 2. The maximum atomic E-state index is 13.1. The number of hydrogen-bond donors (Lipinski definition) is 0. The van der Waals surface area contributed by atoms with Gasteiger partial charge >= 0.3 is 0 Å². The molecule has 4 rings (SSSR count). The van der Waals surface area contributed by atoms with Crippen molar-refractivity contribution in [2.24, 2.45) is 7.05 Å². The summed E-state index contributed by atoms with van der Waals surface area (Å²) in [6.07, 6.45) is 4.51. The summed E-state index contributed by atoms with van der Waals surface area (Å²) in [6, 6.07) is 10.2. The van der Waals surface area contributed by atoms with Crippen molar-refractivity contribution in [2.45, 2.75) is 51.3 Å².